The van der Waals surface area contributed by atoms with E-state index < -0.39 is 18.3 Å². The molecule has 1 aliphatic heterocycles. The first-order valence-corrected chi connectivity index (χ1v) is 6.58. The average molecular weight is 282 g/mol. The van der Waals surface area contributed by atoms with Crippen molar-refractivity contribution in [1.29, 1.82) is 0 Å². The molecule has 0 atom stereocenters. The number of hydrogen-bond donors (Lipinski definition) is 0. The van der Waals surface area contributed by atoms with Gasteiger partial charge in [-0.1, -0.05) is 11.6 Å². The van der Waals surface area contributed by atoms with Crippen LogP contribution in [0.1, 0.15) is 33.3 Å². The highest BCUT2D eigenvalue weighted by atomic mass is 35.5. The fourth-order valence-electron chi connectivity index (χ4n) is 1.87. The largest absolute Gasteiger partial charge is 0.497 e. The third-order valence-corrected chi connectivity index (χ3v) is 4.25. The molecule has 1 saturated heterocycles. The molecule has 0 amide bonds. The zero-order valence-electron chi connectivity index (χ0n) is 11.6. The lowest BCUT2D eigenvalue weighted by atomic mass is 9.79. The van der Waals surface area contributed by atoms with Gasteiger partial charge in [0.2, 0.25) is 0 Å². The lowest BCUT2D eigenvalue weighted by Gasteiger charge is -2.32. The summed E-state index contributed by atoms with van der Waals surface area (Å²) in [6, 6.07) is 0. The van der Waals surface area contributed by atoms with Crippen molar-refractivity contribution < 1.29 is 14.1 Å². The second-order valence-electron chi connectivity index (χ2n) is 5.66. The molecule has 6 heteroatoms. The SMILES string of the molecule is CC1(C)OB(c2cncc(CC=O)c2Cl)OC1(C)C. The van der Waals surface area contributed by atoms with E-state index in [1.165, 1.54) is 0 Å². The van der Waals surface area contributed by atoms with E-state index in [4.69, 9.17) is 20.9 Å². The van der Waals surface area contributed by atoms with Crippen LogP contribution >= 0.6 is 11.6 Å². The Kier molecular flexibility index (Phi) is 3.73. The molecular weight excluding hydrogens is 264 g/mol. The van der Waals surface area contributed by atoms with Gasteiger partial charge in [-0.3, -0.25) is 4.98 Å². The summed E-state index contributed by atoms with van der Waals surface area (Å²) in [6.07, 6.45) is 4.25. The van der Waals surface area contributed by atoms with Crippen molar-refractivity contribution in [2.45, 2.75) is 45.3 Å². The highest BCUT2D eigenvalue weighted by Crippen LogP contribution is 2.37. The summed E-state index contributed by atoms with van der Waals surface area (Å²) in [5.41, 5.74) is 0.493. The fourth-order valence-corrected chi connectivity index (χ4v) is 2.14. The third kappa shape index (κ3) is 2.55. The molecule has 0 aliphatic carbocycles. The van der Waals surface area contributed by atoms with E-state index in [2.05, 4.69) is 4.98 Å². The Morgan fingerprint density at radius 2 is 1.84 bits per heavy atom. The average Bonchev–Trinajstić information content (AvgIpc) is 2.51. The Labute approximate surface area is 118 Å². The lowest BCUT2D eigenvalue weighted by Crippen LogP contribution is -2.41. The van der Waals surface area contributed by atoms with E-state index in [9.17, 15) is 4.79 Å². The first-order valence-electron chi connectivity index (χ1n) is 6.20. The van der Waals surface area contributed by atoms with Crippen LogP contribution in [0, 0.1) is 0 Å². The van der Waals surface area contributed by atoms with Crippen molar-refractivity contribution in [3.05, 3.63) is 23.0 Å². The van der Waals surface area contributed by atoms with E-state index >= 15 is 0 Å². The molecule has 0 aromatic carbocycles. The highest BCUT2D eigenvalue weighted by Gasteiger charge is 2.52. The highest BCUT2D eigenvalue weighted by molar-refractivity contribution is 6.65. The van der Waals surface area contributed by atoms with Gasteiger partial charge < -0.3 is 14.1 Å². The van der Waals surface area contributed by atoms with E-state index in [-0.39, 0.29) is 6.42 Å². The molecule has 2 rings (SSSR count). The van der Waals surface area contributed by atoms with Crippen molar-refractivity contribution in [2.24, 2.45) is 0 Å². The monoisotopic (exact) mass is 281 g/mol. The third-order valence-electron chi connectivity index (χ3n) is 3.79. The van der Waals surface area contributed by atoms with E-state index in [1.807, 2.05) is 27.7 Å². The van der Waals surface area contributed by atoms with Gasteiger partial charge >= 0.3 is 7.12 Å². The number of pyridine rings is 1. The van der Waals surface area contributed by atoms with Crippen LogP contribution in [0.5, 0.6) is 0 Å². The molecule has 0 radical (unpaired) electrons. The number of nitrogens with zero attached hydrogens (tertiary/aromatic N) is 1. The Bertz CT molecular complexity index is 489. The molecule has 0 unspecified atom stereocenters. The molecule has 0 spiro atoms. The molecule has 19 heavy (non-hydrogen) atoms. The zero-order valence-corrected chi connectivity index (χ0v) is 12.3. The predicted octanol–water partition coefficient (Wildman–Crippen LogP) is 1.78. The topological polar surface area (TPSA) is 48.4 Å². The van der Waals surface area contributed by atoms with Crippen LogP contribution in [0.3, 0.4) is 0 Å². The number of hydrogen-bond acceptors (Lipinski definition) is 4. The van der Waals surface area contributed by atoms with Gasteiger partial charge in [0, 0.05) is 29.3 Å². The van der Waals surface area contributed by atoms with Gasteiger partial charge in [0.05, 0.1) is 11.2 Å². The molecule has 4 nitrogen and oxygen atoms in total. The van der Waals surface area contributed by atoms with Crippen LogP contribution < -0.4 is 5.46 Å². The van der Waals surface area contributed by atoms with Crippen LogP contribution in [0.2, 0.25) is 5.02 Å². The number of halogens is 1. The van der Waals surface area contributed by atoms with Gasteiger partial charge in [0.1, 0.15) is 6.29 Å². The van der Waals surface area contributed by atoms with Gasteiger partial charge in [0.25, 0.3) is 0 Å². The number of carbonyl (C=O) groups excluding carboxylic acids is 1. The van der Waals surface area contributed by atoms with Gasteiger partial charge in [-0.25, -0.2) is 0 Å². The van der Waals surface area contributed by atoms with Crippen LogP contribution in [-0.4, -0.2) is 29.6 Å². The maximum atomic E-state index is 10.6. The Morgan fingerprint density at radius 3 is 2.37 bits per heavy atom. The normalized spacial score (nSPS) is 20.6. The molecule has 0 bridgehead atoms. The summed E-state index contributed by atoms with van der Waals surface area (Å²) in [6.45, 7) is 7.90. The molecule has 1 aliphatic rings. The van der Waals surface area contributed by atoms with Crippen LogP contribution in [0.15, 0.2) is 12.4 Å². The molecule has 1 aromatic rings. The first kappa shape index (κ1) is 14.5. The Hall–Kier alpha value is -0.905. The predicted molar refractivity (Wildman–Crippen MR) is 74.7 cm³/mol. The molecule has 1 aromatic heterocycles. The summed E-state index contributed by atoms with van der Waals surface area (Å²) in [4.78, 5) is 14.7. The Balaban J connectivity index is 2.34. The summed E-state index contributed by atoms with van der Waals surface area (Å²) < 4.78 is 11.9. The minimum atomic E-state index is -0.559. The molecular formula is C13H17BClNO3. The molecule has 0 saturated carbocycles. The first-order chi connectivity index (χ1) is 8.78. The molecule has 2 heterocycles. The quantitative estimate of drug-likeness (QED) is 0.626. The maximum Gasteiger partial charge on any atom is 0.497 e. The van der Waals surface area contributed by atoms with E-state index in [0.717, 1.165) is 6.29 Å². The number of aromatic nitrogens is 1. The smallest absolute Gasteiger partial charge is 0.399 e. The van der Waals surface area contributed by atoms with Crippen LogP contribution in [0.4, 0.5) is 0 Å². The molecule has 102 valence electrons. The zero-order chi connectivity index (χ0) is 14.3. The lowest BCUT2D eigenvalue weighted by molar-refractivity contribution is -0.107. The van der Waals surface area contributed by atoms with Crippen LogP contribution in [0.25, 0.3) is 0 Å². The van der Waals surface area contributed by atoms with Gasteiger partial charge in [-0.05, 0) is 33.3 Å². The van der Waals surface area contributed by atoms with Gasteiger partial charge in [0.15, 0.2) is 0 Å². The maximum absolute atomic E-state index is 10.6. The van der Waals surface area contributed by atoms with Crippen molar-refractivity contribution >= 4 is 30.5 Å². The van der Waals surface area contributed by atoms with Crippen LogP contribution in [-0.2, 0) is 20.5 Å². The van der Waals surface area contributed by atoms with Crippen molar-refractivity contribution in [1.82, 2.24) is 4.98 Å². The van der Waals surface area contributed by atoms with Crippen molar-refractivity contribution in [2.75, 3.05) is 0 Å². The summed E-state index contributed by atoms with van der Waals surface area (Å²) in [5, 5.41) is 0.487. The minimum Gasteiger partial charge on any atom is -0.399 e. The Morgan fingerprint density at radius 1 is 1.26 bits per heavy atom. The molecule has 0 N–H and O–H groups in total. The number of carbonyl (C=O) groups is 1. The second-order valence-corrected chi connectivity index (χ2v) is 6.04. The number of rotatable bonds is 3. The summed E-state index contributed by atoms with van der Waals surface area (Å²) >= 11 is 6.29. The van der Waals surface area contributed by atoms with Crippen molar-refractivity contribution in [3.8, 4) is 0 Å². The summed E-state index contributed by atoms with van der Waals surface area (Å²) in [5.74, 6) is 0. The standard InChI is InChI=1S/C13H17BClNO3/c1-12(2)13(3,4)19-14(18-12)10-8-16-7-9(5-6-17)11(10)15/h6-8H,5H2,1-4H3. The van der Waals surface area contributed by atoms with Gasteiger partial charge in [-0.2, -0.15) is 0 Å². The van der Waals surface area contributed by atoms with E-state index in [0.29, 0.717) is 16.0 Å². The summed E-state index contributed by atoms with van der Waals surface area (Å²) in [7, 11) is -0.559. The van der Waals surface area contributed by atoms with E-state index in [1.54, 1.807) is 12.4 Å². The number of aldehydes is 1. The minimum absolute atomic E-state index is 0.235. The van der Waals surface area contributed by atoms with Gasteiger partial charge in [-0.15, -0.1) is 0 Å². The fraction of sp³-hybridized carbons (Fsp3) is 0.538. The molecule has 1 fully saturated rings. The second kappa shape index (κ2) is 4.89. The van der Waals surface area contributed by atoms with Crippen molar-refractivity contribution in [3.63, 3.8) is 0 Å².